The van der Waals surface area contributed by atoms with Crippen LogP contribution in [-0.4, -0.2) is 45.6 Å². The number of rotatable bonds is 4. The van der Waals surface area contributed by atoms with Crippen LogP contribution < -0.4 is 10.5 Å². The quantitative estimate of drug-likeness (QED) is 0.877. The molecule has 0 spiro atoms. The number of hydrogen-bond donors (Lipinski definition) is 2. The standard InChI is InChI=1S/C16H19N5O3/c1-24-14-6-5-10(9-18-14)16(23)21-7-3-2-4-13(21)11-8-12(15(17)22)20-19-11/h5-6,8-9,13H,2-4,7H2,1H3,(H2,17,22)(H,19,20)/t13-/m0/s1. The molecule has 3 rings (SSSR count). The normalized spacial score (nSPS) is 17.5. The van der Waals surface area contributed by atoms with Crippen molar-refractivity contribution in [3.8, 4) is 5.88 Å². The zero-order chi connectivity index (χ0) is 17.1. The van der Waals surface area contributed by atoms with Gasteiger partial charge in [-0.3, -0.25) is 14.7 Å². The van der Waals surface area contributed by atoms with Gasteiger partial charge in [-0.25, -0.2) is 4.98 Å². The van der Waals surface area contributed by atoms with Crippen molar-refractivity contribution in [3.63, 3.8) is 0 Å². The van der Waals surface area contributed by atoms with E-state index in [0.29, 0.717) is 18.0 Å². The number of hydrogen-bond acceptors (Lipinski definition) is 5. The number of likely N-dealkylation sites (tertiary alicyclic amines) is 1. The topological polar surface area (TPSA) is 114 Å². The van der Waals surface area contributed by atoms with E-state index in [-0.39, 0.29) is 17.6 Å². The maximum Gasteiger partial charge on any atom is 0.269 e. The molecule has 0 aromatic carbocycles. The highest BCUT2D eigenvalue weighted by Gasteiger charge is 2.30. The Morgan fingerprint density at radius 3 is 2.83 bits per heavy atom. The number of H-pyrrole nitrogens is 1. The van der Waals surface area contributed by atoms with Crippen LogP contribution in [0.15, 0.2) is 24.4 Å². The largest absolute Gasteiger partial charge is 0.481 e. The van der Waals surface area contributed by atoms with E-state index in [0.717, 1.165) is 25.0 Å². The summed E-state index contributed by atoms with van der Waals surface area (Å²) in [7, 11) is 1.53. The Labute approximate surface area is 139 Å². The number of carbonyl (C=O) groups is 2. The Morgan fingerprint density at radius 2 is 2.21 bits per heavy atom. The number of ether oxygens (including phenoxy) is 1. The second-order valence-corrected chi connectivity index (χ2v) is 5.67. The lowest BCUT2D eigenvalue weighted by atomic mass is 9.98. The molecule has 8 nitrogen and oxygen atoms in total. The number of methoxy groups -OCH3 is 1. The molecule has 3 heterocycles. The monoisotopic (exact) mass is 329 g/mol. The lowest BCUT2D eigenvalue weighted by Crippen LogP contribution is -2.38. The fourth-order valence-corrected chi connectivity index (χ4v) is 2.92. The predicted octanol–water partition coefficient (Wildman–Crippen LogP) is 1.28. The second kappa shape index (κ2) is 6.69. The fourth-order valence-electron chi connectivity index (χ4n) is 2.92. The van der Waals surface area contributed by atoms with E-state index >= 15 is 0 Å². The van der Waals surface area contributed by atoms with E-state index in [9.17, 15) is 9.59 Å². The lowest BCUT2D eigenvalue weighted by Gasteiger charge is -2.35. The molecule has 1 aliphatic rings. The number of aromatic nitrogens is 3. The van der Waals surface area contributed by atoms with Crippen LogP contribution in [0, 0.1) is 0 Å². The summed E-state index contributed by atoms with van der Waals surface area (Å²) < 4.78 is 5.02. The molecule has 1 saturated heterocycles. The summed E-state index contributed by atoms with van der Waals surface area (Å²) in [5.74, 6) is -0.239. The Kier molecular flexibility index (Phi) is 4.45. The zero-order valence-electron chi connectivity index (χ0n) is 13.4. The second-order valence-electron chi connectivity index (χ2n) is 5.67. The van der Waals surface area contributed by atoms with E-state index in [1.54, 1.807) is 23.1 Å². The third-order valence-electron chi connectivity index (χ3n) is 4.17. The molecule has 24 heavy (non-hydrogen) atoms. The van der Waals surface area contributed by atoms with Gasteiger partial charge in [-0.05, 0) is 31.4 Å². The minimum atomic E-state index is -0.592. The highest BCUT2D eigenvalue weighted by atomic mass is 16.5. The summed E-state index contributed by atoms with van der Waals surface area (Å²) in [6, 6.07) is 4.81. The highest BCUT2D eigenvalue weighted by molar-refractivity contribution is 5.94. The number of aromatic amines is 1. The molecule has 0 radical (unpaired) electrons. The third-order valence-corrected chi connectivity index (χ3v) is 4.17. The van der Waals surface area contributed by atoms with Crippen LogP contribution in [0.25, 0.3) is 0 Å². The van der Waals surface area contributed by atoms with Gasteiger partial charge in [0.15, 0.2) is 0 Å². The van der Waals surface area contributed by atoms with Gasteiger partial charge in [0.25, 0.3) is 11.8 Å². The first-order valence-corrected chi connectivity index (χ1v) is 7.76. The number of primary amides is 1. The molecule has 1 aliphatic heterocycles. The average molecular weight is 329 g/mol. The van der Waals surface area contributed by atoms with E-state index in [2.05, 4.69) is 15.2 Å². The summed E-state index contributed by atoms with van der Waals surface area (Å²) >= 11 is 0. The summed E-state index contributed by atoms with van der Waals surface area (Å²) in [5, 5.41) is 6.74. The molecular formula is C16H19N5O3. The van der Waals surface area contributed by atoms with Gasteiger partial charge < -0.3 is 15.4 Å². The van der Waals surface area contributed by atoms with Gasteiger partial charge in [-0.2, -0.15) is 5.10 Å². The van der Waals surface area contributed by atoms with Gasteiger partial charge in [0.2, 0.25) is 5.88 Å². The number of amides is 2. The van der Waals surface area contributed by atoms with Gasteiger partial charge in [-0.1, -0.05) is 0 Å². The predicted molar refractivity (Wildman–Crippen MR) is 85.5 cm³/mol. The summed E-state index contributed by atoms with van der Waals surface area (Å²) in [6.07, 6.45) is 4.24. The van der Waals surface area contributed by atoms with Crippen LogP contribution in [0.5, 0.6) is 5.88 Å². The van der Waals surface area contributed by atoms with Crippen molar-refractivity contribution in [2.75, 3.05) is 13.7 Å². The van der Waals surface area contributed by atoms with E-state index in [1.165, 1.54) is 13.3 Å². The number of nitrogens with two attached hydrogens (primary N) is 1. The molecule has 126 valence electrons. The van der Waals surface area contributed by atoms with Crippen LogP contribution in [0.3, 0.4) is 0 Å². The summed E-state index contributed by atoms with van der Waals surface area (Å²) in [6.45, 7) is 0.639. The van der Waals surface area contributed by atoms with E-state index < -0.39 is 5.91 Å². The molecule has 0 unspecified atom stereocenters. The number of pyridine rings is 1. The Hall–Kier alpha value is -2.90. The maximum absolute atomic E-state index is 12.8. The van der Waals surface area contributed by atoms with Crippen molar-refractivity contribution in [3.05, 3.63) is 41.3 Å². The van der Waals surface area contributed by atoms with E-state index in [1.807, 2.05) is 0 Å². The van der Waals surface area contributed by atoms with Crippen LogP contribution in [0.1, 0.15) is 51.8 Å². The molecule has 2 amide bonds. The molecule has 2 aromatic rings. The minimum absolute atomic E-state index is 0.106. The number of carbonyl (C=O) groups excluding carboxylic acids is 2. The molecule has 1 fully saturated rings. The number of nitrogens with one attached hydrogen (secondary N) is 1. The molecule has 0 saturated carbocycles. The number of piperidine rings is 1. The smallest absolute Gasteiger partial charge is 0.269 e. The third kappa shape index (κ3) is 3.08. The molecule has 2 aromatic heterocycles. The van der Waals surface area contributed by atoms with Gasteiger partial charge in [0, 0.05) is 18.8 Å². The van der Waals surface area contributed by atoms with Crippen molar-refractivity contribution in [1.29, 1.82) is 0 Å². The van der Waals surface area contributed by atoms with E-state index in [4.69, 9.17) is 10.5 Å². The Bertz CT molecular complexity index is 740. The number of nitrogens with zero attached hydrogens (tertiary/aromatic N) is 3. The highest BCUT2D eigenvalue weighted by Crippen LogP contribution is 2.31. The van der Waals surface area contributed by atoms with Crippen LogP contribution in [0.2, 0.25) is 0 Å². The van der Waals surface area contributed by atoms with Crippen molar-refractivity contribution in [2.45, 2.75) is 25.3 Å². The summed E-state index contributed by atoms with van der Waals surface area (Å²) in [4.78, 5) is 29.9. The molecule has 1 atom stereocenters. The first-order valence-electron chi connectivity index (χ1n) is 7.76. The molecular weight excluding hydrogens is 310 g/mol. The first kappa shape index (κ1) is 16.0. The van der Waals surface area contributed by atoms with Crippen LogP contribution in [-0.2, 0) is 0 Å². The maximum atomic E-state index is 12.8. The lowest BCUT2D eigenvalue weighted by molar-refractivity contribution is 0.0605. The summed E-state index contributed by atoms with van der Waals surface area (Å²) in [5.41, 5.74) is 6.64. The van der Waals surface area contributed by atoms with Gasteiger partial charge in [-0.15, -0.1) is 0 Å². The van der Waals surface area contributed by atoms with Crippen LogP contribution in [0.4, 0.5) is 0 Å². The Morgan fingerprint density at radius 1 is 1.38 bits per heavy atom. The van der Waals surface area contributed by atoms with Gasteiger partial charge in [0.1, 0.15) is 5.69 Å². The first-order chi connectivity index (χ1) is 11.6. The van der Waals surface area contributed by atoms with Crippen molar-refractivity contribution in [2.24, 2.45) is 5.73 Å². The molecule has 0 aliphatic carbocycles. The molecule has 8 heteroatoms. The van der Waals surface area contributed by atoms with Gasteiger partial charge >= 0.3 is 0 Å². The van der Waals surface area contributed by atoms with Gasteiger partial charge in [0.05, 0.1) is 24.4 Å². The minimum Gasteiger partial charge on any atom is -0.481 e. The van der Waals surface area contributed by atoms with Crippen molar-refractivity contribution >= 4 is 11.8 Å². The zero-order valence-corrected chi connectivity index (χ0v) is 13.4. The fraction of sp³-hybridized carbons (Fsp3) is 0.375. The van der Waals surface area contributed by atoms with Crippen molar-refractivity contribution in [1.82, 2.24) is 20.1 Å². The van der Waals surface area contributed by atoms with Crippen molar-refractivity contribution < 1.29 is 14.3 Å². The Balaban J connectivity index is 1.85. The average Bonchev–Trinajstić information content (AvgIpc) is 3.11. The molecule has 0 bridgehead atoms. The SMILES string of the molecule is COc1ccc(C(=O)N2CCCC[C@H]2c2cc(C(N)=O)n[nH]2)cn1. The van der Waals surface area contributed by atoms with Crippen LogP contribution >= 0.6 is 0 Å². The molecule has 3 N–H and O–H groups in total.